The van der Waals surface area contributed by atoms with Gasteiger partial charge in [-0.3, -0.25) is 9.10 Å². The first-order valence-electron chi connectivity index (χ1n) is 10.9. The normalized spacial score (nSPS) is 11.9. The van der Waals surface area contributed by atoms with Crippen molar-refractivity contribution in [2.45, 2.75) is 33.6 Å². The molecule has 3 aromatic rings. The number of rotatable bonds is 8. The number of hydrogen-bond donors (Lipinski definition) is 1. The molecule has 186 valence electrons. The maximum Gasteiger partial charge on any atom is 0.260 e. The van der Waals surface area contributed by atoms with E-state index in [-0.39, 0.29) is 0 Å². The van der Waals surface area contributed by atoms with E-state index in [0.29, 0.717) is 21.7 Å². The molecule has 0 atom stereocenters. The fourth-order valence-corrected chi connectivity index (χ4v) is 5.12. The summed E-state index contributed by atoms with van der Waals surface area (Å²) in [7, 11) is -3.67. The van der Waals surface area contributed by atoms with Crippen LogP contribution in [0, 0.1) is 13.8 Å². The minimum absolute atomic E-state index is 0.311. The molecule has 0 spiro atoms. The highest BCUT2D eigenvalue weighted by Gasteiger charge is 2.21. The molecule has 3 rings (SSSR count). The van der Waals surface area contributed by atoms with Crippen LogP contribution in [0.15, 0.2) is 53.6 Å². The second kappa shape index (κ2) is 10.8. The van der Waals surface area contributed by atoms with Gasteiger partial charge in [-0.15, -0.1) is 0 Å². The van der Waals surface area contributed by atoms with E-state index in [4.69, 9.17) is 23.2 Å². The van der Waals surface area contributed by atoms with Crippen LogP contribution in [-0.2, 0) is 14.8 Å². The van der Waals surface area contributed by atoms with Crippen LogP contribution < -0.4 is 9.73 Å². The van der Waals surface area contributed by atoms with Gasteiger partial charge in [0.05, 0.1) is 18.2 Å². The van der Waals surface area contributed by atoms with Gasteiger partial charge in [0.1, 0.15) is 6.54 Å². The lowest BCUT2D eigenvalue weighted by molar-refractivity contribution is -0.119. The van der Waals surface area contributed by atoms with Crippen LogP contribution in [0.25, 0.3) is 5.69 Å². The van der Waals surface area contributed by atoms with E-state index in [1.807, 2.05) is 48.7 Å². The second-order valence-corrected chi connectivity index (χ2v) is 11.4. The molecule has 1 N–H and O–H groups in total. The average Bonchev–Trinajstić information content (AvgIpc) is 3.03. The number of carbonyl (C=O) groups is 1. The lowest BCUT2D eigenvalue weighted by Gasteiger charge is -2.21. The van der Waals surface area contributed by atoms with Gasteiger partial charge in [-0.25, -0.2) is 13.8 Å². The molecule has 0 aliphatic rings. The third kappa shape index (κ3) is 6.66. The van der Waals surface area contributed by atoms with Gasteiger partial charge in [-0.05, 0) is 61.7 Å². The zero-order valence-corrected chi connectivity index (χ0v) is 22.5. The fourth-order valence-electron chi connectivity index (χ4n) is 3.75. The van der Waals surface area contributed by atoms with E-state index < -0.39 is 22.5 Å². The molecule has 0 radical (unpaired) electrons. The summed E-state index contributed by atoms with van der Waals surface area (Å²) in [4.78, 5) is 12.5. The number of aryl methyl sites for hydroxylation is 1. The summed E-state index contributed by atoms with van der Waals surface area (Å²) in [5.41, 5.74) is 7.32. The molecular formula is C25H28Cl2N4O3S. The first-order chi connectivity index (χ1) is 16.4. The molecule has 1 aromatic heterocycles. The first-order valence-corrected chi connectivity index (χ1v) is 13.5. The van der Waals surface area contributed by atoms with E-state index in [1.54, 1.807) is 18.2 Å². The summed E-state index contributed by atoms with van der Waals surface area (Å²) in [6.07, 6.45) is 2.59. The number of hydrogen-bond acceptors (Lipinski definition) is 4. The molecule has 0 saturated heterocycles. The van der Waals surface area contributed by atoms with Gasteiger partial charge in [-0.1, -0.05) is 49.2 Å². The number of amides is 1. The number of nitrogens with one attached hydrogen (secondary N) is 1. The molecule has 10 heteroatoms. The highest BCUT2D eigenvalue weighted by atomic mass is 35.5. The topological polar surface area (TPSA) is 83.8 Å². The quantitative estimate of drug-likeness (QED) is 0.308. The number of sulfonamides is 1. The van der Waals surface area contributed by atoms with Crippen molar-refractivity contribution in [3.05, 3.63) is 81.1 Å². The van der Waals surface area contributed by atoms with Crippen LogP contribution in [0.4, 0.5) is 5.69 Å². The van der Waals surface area contributed by atoms with Crippen LogP contribution in [0.5, 0.6) is 0 Å². The van der Waals surface area contributed by atoms with Crippen molar-refractivity contribution < 1.29 is 13.2 Å². The molecule has 0 aliphatic heterocycles. The van der Waals surface area contributed by atoms with Crippen LogP contribution >= 0.6 is 23.2 Å². The molecule has 35 heavy (non-hydrogen) atoms. The van der Waals surface area contributed by atoms with Gasteiger partial charge in [0, 0.05) is 32.7 Å². The number of carbonyl (C=O) groups excluding carboxylic acids is 1. The molecule has 1 amide bonds. The molecule has 0 aliphatic carbocycles. The Balaban J connectivity index is 1.75. The van der Waals surface area contributed by atoms with Crippen molar-refractivity contribution >= 4 is 51.0 Å². The maximum atomic E-state index is 12.5. The standard InChI is InChI=1S/C25H28Cl2N4O3S/c1-16(2)19-6-8-23(9-7-19)30(35(5,33)34)15-25(32)29-28-14-20-10-17(3)31(18(20)4)24-12-21(26)11-22(27)13-24/h6-14,16H,15H2,1-5H3,(H,29,32)/b28-14-. The summed E-state index contributed by atoms with van der Waals surface area (Å²) in [6, 6.07) is 14.3. The van der Waals surface area contributed by atoms with Gasteiger partial charge >= 0.3 is 0 Å². The lowest BCUT2D eigenvalue weighted by Crippen LogP contribution is -2.39. The highest BCUT2D eigenvalue weighted by molar-refractivity contribution is 7.92. The van der Waals surface area contributed by atoms with E-state index >= 15 is 0 Å². The molecule has 7 nitrogen and oxygen atoms in total. The highest BCUT2D eigenvalue weighted by Crippen LogP contribution is 2.26. The fraction of sp³-hybridized carbons (Fsp3) is 0.280. The van der Waals surface area contributed by atoms with Crippen molar-refractivity contribution in [2.75, 3.05) is 17.1 Å². The molecular weight excluding hydrogens is 507 g/mol. The smallest absolute Gasteiger partial charge is 0.260 e. The summed E-state index contributed by atoms with van der Waals surface area (Å²) in [5, 5.41) is 5.09. The first kappa shape index (κ1) is 26.8. The number of nitrogens with zero attached hydrogens (tertiary/aromatic N) is 3. The Labute approximate surface area is 216 Å². The van der Waals surface area contributed by atoms with Crippen molar-refractivity contribution in [2.24, 2.45) is 5.10 Å². The summed E-state index contributed by atoms with van der Waals surface area (Å²) < 4.78 is 27.7. The van der Waals surface area contributed by atoms with E-state index in [2.05, 4.69) is 24.4 Å². The summed E-state index contributed by atoms with van der Waals surface area (Å²) in [6.45, 7) is 7.56. The molecule has 1 heterocycles. The maximum absolute atomic E-state index is 12.5. The Kier molecular flexibility index (Phi) is 8.30. The zero-order chi connectivity index (χ0) is 25.9. The van der Waals surface area contributed by atoms with Crippen molar-refractivity contribution in [3.8, 4) is 5.69 Å². The molecule has 0 bridgehead atoms. The van der Waals surface area contributed by atoms with Crippen LogP contribution in [0.1, 0.15) is 42.3 Å². The predicted molar refractivity (Wildman–Crippen MR) is 144 cm³/mol. The monoisotopic (exact) mass is 534 g/mol. The third-order valence-electron chi connectivity index (χ3n) is 5.50. The van der Waals surface area contributed by atoms with Crippen molar-refractivity contribution in [1.82, 2.24) is 9.99 Å². The average molecular weight is 535 g/mol. The predicted octanol–water partition coefficient (Wildman–Crippen LogP) is 5.44. The summed E-state index contributed by atoms with van der Waals surface area (Å²) in [5.74, 6) is -0.249. The van der Waals surface area contributed by atoms with E-state index in [1.165, 1.54) is 6.21 Å². The second-order valence-electron chi connectivity index (χ2n) is 8.60. The molecule has 0 unspecified atom stereocenters. The Morgan fingerprint density at radius 1 is 1.09 bits per heavy atom. The number of halogens is 2. The number of anilines is 1. The Bertz CT molecular complexity index is 1340. The van der Waals surface area contributed by atoms with Gasteiger partial charge < -0.3 is 4.57 Å². The van der Waals surface area contributed by atoms with Crippen LogP contribution in [-0.4, -0.2) is 37.9 Å². The number of aromatic nitrogens is 1. The number of hydrazone groups is 1. The molecule has 2 aromatic carbocycles. The van der Waals surface area contributed by atoms with Crippen LogP contribution in [0.2, 0.25) is 10.0 Å². The van der Waals surface area contributed by atoms with Crippen LogP contribution in [0.3, 0.4) is 0 Å². The Morgan fingerprint density at radius 3 is 2.23 bits per heavy atom. The Morgan fingerprint density at radius 2 is 1.69 bits per heavy atom. The van der Waals surface area contributed by atoms with Crippen molar-refractivity contribution in [3.63, 3.8) is 0 Å². The molecule has 0 saturated carbocycles. The number of benzene rings is 2. The summed E-state index contributed by atoms with van der Waals surface area (Å²) >= 11 is 12.3. The lowest BCUT2D eigenvalue weighted by atomic mass is 10.0. The van der Waals surface area contributed by atoms with Gasteiger partial charge in [0.2, 0.25) is 10.0 Å². The minimum atomic E-state index is -3.67. The van der Waals surface area contributed by atoms with E-state index in [0.717, 1.165) is 38.8 Å². The minimum Gasteiger partial charge on any atom is -0.318 e. The van der Waals surface area contributed by atoms with Gasteiger partial charge in [0.15, 0.2) is 0 Å². The molecule has 0 fully saturated rings. The zero-order valence-electron chi connectivity index (χ0n) is 20.2. The SMILES string of the molecule is Cc1cc(/C=N\NC(=O)CN(c2ccc(C(C)C)cc2)S(C)(=O)=O)c(C)n1-c1cc(Cl)cc(Cl)c1. The van der Waals surface area contributed by atoms with Crippen molar-refractivity contribution in [1.29, 1.82) is 0 Å². The van der Waals surface area contributed by atoms with Gasteiger partial charge in [0.25, 0.3) is 5.91 Å². The third-order valence-corrected chi connectivity index (χ3v) is 7.08. The van der Waals surface area contributed by atoms with E-state index in [9.17, 15) is 13.2 Å². The van der Waals surface area contributed by atoms with Gasteiger partial charge in [-0.2, -0.15) is 5.10 Å². The Hall–Kier alpha value is -2.81. The largest absolute Gasteiger partial charge is 0.318 e.